The molecular formula is C14H17N3O. The topological polar surface area (TPSA) is 72.0 Å². The van der Waals surface area contributed by atoms with Crippen molar-refractivity contribution in [3.8, 4) is 0 Å². The molecule has 4 heteroatoms. The first-order chi connectivity index (χ1) is 8.67. The van der Waals surface area contributed by atoms with Crippen molar-refractivity contribution in [3.05, 3.63) is 36.2 Å². The van der Waals surface area contributed by atoms with Gasteiger partial charge in [0.2, 0.25) is 0 Å². The summed E-state index contributed by atoms with van der Waals surface area (Å²) in [5, 5.41) is 9.57. The maximum absolute atomic E-state index is 9.57. The van der Waals surface area contributed by atoms with E-state index in [1.165, 1.54) is 0 Å². The van der Waals surface area contributed by atoms with Crippen molar-refractivity contribution >= 4 is 11.0 Å². The van der Waals surface area contributed by atoms with Gasteiger partial charge in [0.1, 0.15) is 0 Å². The first kappa shape index (κ1) is 11.6. The maximum Gasteiger partial charge on any atom is 0.0890 e. The van der Waals surface area contributed by atoms with E-state index >= 15 is 0 Å². The third kappa shape index (κ3) is 1.98. The van der Waals surface area contributed by atoms with Crippen LogP contribution < -0.4 is 5.73 Å². The largest absolute Gasteiger partial charge is 0.393 e. The summed E-state index contributed by atoms with van der Waals surface area (Å²) in [4.78, 5) is 9.04. The molecule has 1 aliphatic carbocycles. The number of aliphatic hydroxyl groups is 1. The van der Waals surface area contributed by atoms with Gasteiger partial charge in [0, 0.05) is 0 Å². The van der Waals surface area contributed by atoms with E-state index in [9.17, 15) is 5.11 Å². The molecule has 0 spiro atoms. The van der Waals surface area contributed by atoms with Crippen molar-refractivity contribution in [2.45, 2.75) is 37.3 Å². The van der Waals surface area contributed by atoms with Gasteiger partial charge in [-0.3, -0.25) is 4.98 Å². The van der Waals surface area contributed by atoms with E-state index in [-0.39, 0.29) is 6.10 Å². The monoisotopic (exact) mass is 243 g/mol. The van der Waals surface area contributed by atoms with Crippen molar-refractivity contribution in [2.24, 2.45) is 5.73 Å². The van der Waals surface area contributed by atoms with Crippen LogP contribution in [-0.2, 0) is 5.54 Å². The van der Waals surface area contributed by atoms with Gasteiger partial charge in [-0.2, -0.15) is 0 Å². The summed E-state index contributed by atoms with van der Waals surface area (Å²) in [6.45, 7) is 0. The van der Waals surface area contributed by atoms with Crippen molar-refractivity contribution in [3.63, 3.8) is 0 Å². The van der Waals surface area contributed by atoms with Crippen LogP contribution in [0.5, 0.6) is 0 Å². The predicted octanol–water partition coefficient (Wildman–Crippen LogP) is 1.72. The summed E-state index contributed by atoms with van der Waals surface area (Å²) in [6, 6.07) is 7.80. The highest BCUT2D eigenvalue weighted by Crippen LogP contribution is 2.34. The highest BCUT2D eigenvalue weighted by Gasteiger charge is 2.34. The Bertz CT molecular complexity index is 562. The zero-order chi connectivity index (χ0) is 12.6. The molecule has 1 aromatic heterocycles. The molecule has 18 heavy (non-hydrogen) atoms. The SMILES string of the molecule is NC1(c2cnc3ccccc3n2)CCC(O)CC1. The van der Waals surface area contributed by atoms with Gasteiger partial charge in [-0.1, -0.05) is 12.1 Å². The van der Waals surface area contributed by atoms with E-state index in [4.69, 9.17) is 5.73 Å². The van der Waals surface area contributed by atoms with E-state index in [0.29, 0.717) is 0 Å². The van der Waals surface area contributed by atoms with E-state index in [2.05, 4.69) is 9.97 Å². The van der Waals surface area contributed by atoms with Crippen molar-refractivity contribution in [2.75, 3.05) is 0 Å². The van der Waals surface area contributed by atoms with Gasteiger partial charge in [-0.25, -0.2) is 4.98 Å². The molecule has 3 N–H and O–H groups in total. The fourth-order valence-electron chi connectivity index (χ4n) is 2.57. The van der Waals surface area contributed by atoms with Crippen LogP contribution in [0, 0.1) is 0 Å². The van der Waals surface area contributed by atoms with E-state index in [1.807, 2.05) is 24.3 Å². The standard InChI is InChI=1S/C14H17N3O/c15-14(7-5-10(18)6-8-14)13-9-16-11-3-1-2-4-12(11)17-13/h1-4,9-10,18H,5-8,15H2. The van der Waals surface area contributed by atoms with Crippen LogP contribution in [0.2, 0.25) is 0 Å². The predicted molar refractivity (Wildman–Crippen MR) is 69.9 cm³/mol. The Balaban J connectivity index is 1.98. The normalized spacial score (nSPS) is 28.4. The second-order valence-electron chi connectivity index (χ2n) is 5.13. The molecule has 0 radical (unpaired) electrons. The number of hydrogen-bond acceptors (Lipinski definition) is 4. The smallest absolute Gasteiger partial charge is 0.0890 e. The van der Waals surface area contributed by atoms with E-state index in [1.54, 1.807) is 6.20 Å². The summed E-state index contributed by atoms with van der Waals surface area (Å²) in [5.74, 6) is 0. The Morgan fingerprint density at radius 3 is 2.56 bits per heavy atom. The molecule has 4 nitrogen and oxygen atoms in total. The lowest BCUT2D eigenvalue weighted by Crippen LogP contribution is -2.42. The van der Waals surface area contributed by atoms with Crippen LogP contribution in [0.1, 0.15) is 31.4 Å². The Hall–Kier alpha value is -1.52. The Morgan fingerprint density at radius 1 is 1.17 bits per heavy atom. The molecule has 0 amide bonds. The first-order valence-electron chi connectivity index (χ1n) is 6.37. The zero-order valence-electron chi connectivity index (χ0n) is 10.2. The van der Waals surface area contributed by atoms with Crippen LogP contribution in [-0.4, -0.2) is 21.2 Å². The lowest BCUT2D eigenvalue weighted by Gasteiger charge is -2.34. The van der Waals surface area contributed by atoms with Gasteiger partial charge in [0.05, 0.1) is 34.6 Å². The van der Waals surface area contributed by atoms with Crippen LogP contribution in [0.4, 0.5) is 0 Å². The lowest BCUT2D eigenvalue weighted by molar-refractivity contribution is 0.0956. The molecule has 2 aromatic rings. The molecule has 1 saturated carbocycles. The van der Waals surface area contributed by atoms with Crippen LogP contribution >= 0.6 is 0 Å². The second kappa shape index (κ2) is 4.30. The highest BCUT2D eigenvalue weighted by molar-refractivity contribution is 5.73. The number of para-hydroxylation sites is 2. The van der Waals surface area contributed by atoms with Gasteiger partial charge in [0.15, 0.2) is 0 Å². The Labute approximate surface area is 106 Å². The number of rotatable bonds is 1. The van der Waals surface area contributed by atoms with Gasteiger partial charge in [-0.05, 0) is 37.8 Å². The lowest BCUT2D eigenvalue weighted by atomic mass is 9.79. The van der Waals surface area contributed by atoms with Crippen LogP contribution in [0.15, 0.2) is 30.5 Å². The fraction of sp³-hybridized carbons (Fsp3) is 0.429. The Kier molecular flexibility index (Phi) is 2.76. The molecular weight excluding hydrogens is 226 g/mol. The number of aromatic nitrogens is 2. The number of fused-ring (bicyclic) bond motifs is 1. The summed E-state index contributed by atoms with van der Waals surface area (Å²) in [7, 11) is 0. The summed E-state index contributed by atoms with van der Waals surface area (Å²) in [5.41, 5.74) is 8.60. The van der Waals surface area contributed by atoms with Gasteiger partial charge >= 0.3 is 0 Å². The number of benzene rings is 1. The van der Waals surface area contributed by atoms with Crippen molar-refractivity contribution in [1.29, 1.82) is 0 Å². The minimum absolute atomic E-state index is 0.213. The quantitative estimate of drug-likeness (QED) is 0.800. The highest BCUT2D eigenvalue weighted by atomic mass is 16.3. The summed E-state index contributed by atoms with van der Waals surface area (Å²) < 4.78 is 0. The van der Waals surface area contributed by atoms with E-state index < -0.39 is 5.54 Å². The number of nitrogens with zero attached hydrogens (tertiary/aromatic N) is 2. The maximum atomic E-state index is 9.57. The third-order valence-electron chi connectivity index (χ3n) is 3.81. The molecule has 1 fully saturated rings. The molecule has 0 atom stereocenters. The third-order valence-corrected chi connectivity index (χ3v) is 3.81. The molecule has 0 bridgehead atoms. The fourth-order valence-corrected chi connectivity index (χ4v) is 2.57. The second-order valence-corrected chi connectivity index (χ2v) is 5.13. The molecule has 0 saturated heterocycles. The molecule has 1 aliphatic rings. The number of aliphatic hydroxyl groups excluding tert-OH is 1. The minimum atomic E-state index is -0.434. The molecule has 0 unspecified atom stereocenters. The minimum Gasteiger partial charge on any atom is -0.393 e. The van der Waals surface area contributed by atoms with Gasteiger partial charge in [0.25, 0.3) is 0 Å². The number of nitrogens with two attached hydrogens (primary N) is 1. The van der Waals surface area contributed by atoms with Crippen molar-refractivity contribution in [1.82, 2.24) is 9.97 Å². The summed E-state index contributed by atoms with van der Waals surface area (Å²) in [6.07, 6.45) is 4.58. The first-order valence-corrected chi connectivity index (χ1v) is 6.37. The molecule has 3 rings (SSSR count). The molecule has 0 aliphatic heterocycles. The van der Waals surface area contributed by atoms with Crippen LogP contribution in [0.3, 0.4) is 0 Å². The van der Waals surface area contributed by atoms with Crippen LogP contribution in [0.25, 0.3) is 11.0 Å². The molecule has 1 heterocycles. The van der Waals surface area contributed by atoms with Gasteiger partial charge in [-0.15, -0.1) is 0 Å². The summed E-state index contributed by atoms with van der Waals surface area (Å²) >= 11 is 0. The zero-order valence-corrected chi connectivity index (χ0v) is 10.2. The molecule has 1 aromatic carbocycles. The van der Waals surface area contributed by atoms with E-state index in [0.717, 1.165) is 42.4 Å². The molecule has 94 valence electrons. The van der Waals surface area contributed by atoms with Crippen molar-refractivity contribution < 1.29 is 5.11 Å². The Morgan fingerprint density at radius 2 is 1.83 bits per heavy atom. The van der Waals surface area contributed by atoms with Gasteiger partial charge < -0.3 is 10.8 Å². The average Bonchev–Trinajstić information content (AvgIpc) is 2.42. The average molecular weight is 243 g/mol. The number of hydrogen-bond donors (Lipinski definition) is 2.